The van der Waals surface area contributed by atoms with Crippen LogP contribution in [-0.4, -0.2) is 0 Å². The van der Waals surface area contributed by atoms with E-state index < -0.39 is 0 Å². The fourth-order valence-corrected chi connectivity index (χ4v) is 4.58. The van der Waals surface area contributed by atoms with E-state index in [9.17, 15) is 0 Å². The molecule has 0 aromatic rings. The molecule has 0 nitrogen and oxygen atoms in total. The molecule has 0 bridgehead atoms. The van der Waals surface area contributed by atoms with Gasteiger partial charge in [-0.15, -0.1) is 24.8 Å². The van der Waals surface area contributed by atoms with E-state index in [0.717, 1.165) is 12.8 Å². The largest absolute Gasteiger partial charge is 0.147 e. The minimum absolute atomic E-state index is 0. The van der Waals surface area contributed by atoms with Crippen LogP contribution in [0.25, 0.3) is 0 Å². The van der Waals surface area contributed by atoms with Crippen LogP contribution in [0.2, 0.25) is 0 Å². The van der Waals surface area contributed by atoms with Crippen molar-refractivity contribution in [3.8, 4) is 0 Å². The van der Waals surface area contributed by atoms with E-state index in [1.54, 1.807) is 7.76 Å². The topological polar surface area (TPSA) is 0 Å². The molecule has 0 saturated carbocycles. The summed E-state index contributed by atoms with van der Waals surface area (Å²) in [6.07, 6.45) is 17.6. The SMILES string of the molecule is C=CCC1=[C]([Ti][C]2=C(CC=C)C=CC2)CC=C1.Cl.Cl. The van der Waals surface area contributed by atoms with Gasteiger partial charge < -0.3 is 0 Å². The van der Waals surface area contributed by atoms with Gasteiger partial charge in [0.1, 0.15) is 0 Å². The summed E-state index contributed by atoms with van der Waals surface area (Å²) in [5.74, 6) is 0. The van der Waals surface area contributed by atoms with Gasteiger partial charge in [0.05, 0.1) is 0 Å². The zero-order valence-electron chi connectivity index (χ0n) is 11.0. The predicted octanol–water partition coefficient (Wildman–Crippen LogP) is 5.49. The van der Waals surface area contributed by atoms with Crippen LogP contribution in [-0.2, 0) is 19.2 Å². The second kappa shape index (κ2) is 9.61. The molecule has 0 heterocycles. The molecule has 0 unspecified atom stereocenters. The molecule has 0 saturated heterocycles. The molecule has 2 aliphatic rings. The Bertz CT molecular complexity index is 411. The van der Waals surface area contributed by atoms with Crippen molar-refractivity contribution in [2.75, 3.05) is 0 Å². The van der Waals surface area contributed by atoms with Crippen LogP contribution in [0.3, 0.4) is 0 Å². The molecule has 0 radical (unpaired) electrons. The third-order valence-corrected chi connectivity index (χ3v) is 5.67. The summed E-state index contributed by atoms with van der Waals surface area (Å²) in [4.78, 5) is 0. The standard InChI is InChI=1S/2C8H9.2ClH.Ti/c2*1-2-5-8-6-3-4-7-8;;;/h2*2-3,6H,1,4-5H2;2*1H;. The Morgan fingerprint density at radius 1 is 0.895 bits per heavy atom. The first-order valence-corrected chi connectivity index (χ1v) is 7.67. The summed E-state index contributed by atoms with van der Waals surface area (Å²) in [6.45, 7) is 7.69. The van der Waals surface area contributed by atoms with Crippen molar-refractivity contribution in [3.63, 3.8) is 0 Å². The van der Waals surface area contributed by atoms with E-state index in [-0.39, 0.29) is 44.0 Å². The molecular weight excluding hydrogens is 311 g/mol. The Morgan fingerprint density at radius 2 is 1.32 bits per heavy atom. The summed E-state index contributed by atoms with van der Waals surface area (Å²) in [7, 11) is 0. The maximum atomic E-state index is 3.84. The van der Waals surface area contributed by atoms with Gasteiger partial charge >= 0.3 is 113 Å². The van der Waals surface area contributed by atoms with Gasteiger partial charge in [0.2, 0.25) is 0 Å². The number of rotatable bonds is 6. The maximum absolute atomic E-state index is 3.84. The van der Waals surface area contributed by atoms with Gasteiger partial charge in [-0.25, -0.2) is 0 Å². The van der Waals surface area contributed by atoms with Gasteiger partial charge in [-0.2, -0.15) is 0 Å². The third kappa shape index (κ3) is 4.97. The second-order valence-corrected chi connectivity index (χ2v) is 6.61. The Labute approximate surface area is 137 Å². The molecule has 0 N–H and O–H groups in total. The summed E-state index contributed by atoms with van der Waals surface area (Å²) >= 11 is -0.0962. The molecule has 0 aromatic carbocycles. The average Bonchev–Trinajstić information content (AvgIpc) is 2.92. The first-order valence-electron chi connectivity index (χ1n) is 6.11. The van der Waals surface area contributed by atoms with Gasteiger partial charge in [-0.1, -0.05) is 0 Å². The van der Waals surface area contributed by atoms with E-state index in [4.69, 9.17) is 0 Å². The molecule has 0 spiro atoms. The Morgan fingerprint density at radius 3 is 1.68 bits per heavy atom. The summed E-state index contributed by atoms with van der Waals surface area (Å²) in [5, 5.41) is 0. The molecule has 3 heteroatoms. The molecule has 2 rings (SSSR count). The molecule has 0 aliphatic heterocycles. The number of hydrogen-bond donors (Lipinski definition) is 0. The fraction of sp³-hybridized carbons (Fsp3) is 0.250. The van der Waals surface area contributed by atoms with Crippen LogP contribution in [0.1, 0.15) is 25.7 Å². The molecule has 0 amide bonds. The van der Waals surface area contributed by atoms with Gasteiger partial charge in [0, 0.05) is 0 Å². The predicted molar refractivity (Wildman–Crippen MR) is 85.7 cm³/mol. The van der Waals surface area contributed by atoms with Crippen molar-refractivity contribution < 1.29 is 19.2 Å². The van der Waals surface area contributed by atoms with Crippen LogP contribution >= 0.6 is 24.8 Å². The average molecular weight is 331 g/mol. The molecule has 19 heavy (non-hydrogen) atoms. The van der Waals surface area contributed by atoms with Gasteiger partial charge in [0.15, 0.2) is 0 Å². The van der Waals surface area contributed by atoms with Crippen molar-refractivity contribution >= 4 is 24.8 Å². The van der Waals surface area contributed by atoms with Gasteiger partial charge in [0.25, 0.3) is 0 Å². The maximum Gasteiger partial charge on any atom is -0.147 e. The van der Waals surface area contributed by atoms with Gasteiger partial charge in [-0.05, 0) is 0 Å². The van der Waals surface area contributed by atoms with Crippen molar-refractivity contribution in [2.45, 2.75) is 25.7 Å². The second-order valence-electron chi connectivity index (χ2n) is 4.33. The van der Waals surface area contributed by atoms with Gasteiger partial charge in [-0.3, -0.25) is 0 Å². The summed E-state index contributed by atoms with van der Waals surface area (Å²) < 4.78 is 3.40. The Kier molecular flexibility index (Phi) is 9.47. The van der Waals surface area contributed by atoms with E-state index in [1.807, 2.05) is 12.2 Å². The van der Waals surface area contributed by atoms with E-state index in [2.05, 4.69) is 37.5 Å². The van der Waals surface area contributed by atoms with Crippen molar-refractivity contribution in [3.05, 3.63) is 68.5 Å². The van der Waals surface area contributed by atoms with E-state index in [0.29, 0.717) is 0 Å². The zero-order valence-corrected chi connectivity index (χ0v) is 14.2. The fourth-order valence-electron chi connectivity index (χ4n) is 2.24. The van der Waals surface area contributed by atoms with Crippen LogP contribution in [0.15, 0.2) is 68.5 Å². The summed E-state index contributed by atoms with van der Waals surface area (Å²) in [5.41, 5.74) is 3.05. The normalized spacial score (nSPS) is 16.2. The number of halogens is 2. The third-order valence-electron chi connectivity index (χ3n) is 3.09. The van der Waals surface area contributed by atoms with E-state index >= 15 is 0 Å². The Balaban J connectivity index is 0.00000162. The van der Waals surface area contributed by atoms with Crippen molar-refractivity contribution in [1.82, 2.24) is 0 Å². The monoisotopic (exact) mass is 330 g/mol. The Hall–Kier alpha value is -0.266. The van der Waals surface area contributed by atoms with E-state index in [1.165, 1.54) is 24.0 Å². The molecule has 0 aromatic heterocycles. The van der Waals surface area contributed by atoms with Crippen LogP contribution in [0.5, 0.6) is 0 Å². The van der Waals surface area contributed by atoms with Crippen LogP contribution in [0, 0.1) is 0 Å². The minimum atomic E-state index is -0.0962. The number of allylic oxidation sites excluding steroid dienone is 10. The molecule has 2 aliphatic carbocycles. The molecule has 102 valence electrons. The van der Waals surface area contributed by atoms with Crippen molar-refractivity contribution in [2.24, 2.45) is 0 Å². The molecule has 0 fully saturated rings. The quantitative estimate of drug-likeness (QED) is 0.446. The van der Waals surface area contributed by atoms with Crippen LogP contribution < -0.4 is 0 Å². The molecular formula is C16H20Cl2Ti. The summed E-state index contributed by atoms with van der Waals surface area (Å²) in [6, 6.07) is 0. The first kappa shape index (κ1) is 18.7. The first-order chi connectivity index (χ1) is 8.35. The number of hydrogen-bond acceptors (Lipinski definition) is 0. The van der Waals surface area contributed by atoms with Crippen LogP contribution in [0.4, 0.5) is 0 Å². The minimum Gasteiger partial charge on any atom is -0.147 e. The zero-order chi connectivity index (χ0) is 12.1. The smallest absolute Gasteiger partial charge is 0.147 e. The van der Waals surface area contributed by atoms with Crippen molar-refractivity contribution in [1.29, 1.82) is 0 Å². The molecule has 0 atom stereocenters.